The molecule has 0 spiro atoms. The summed E-state index contributed by atoms with van der Waals surface area (Å²) in [5.41, 5.74) is 4.95. The van der Waals surface area contributed by atoms with Gasteiger partial charge in [0.15, 0.2) is 11.7 Å². The molecule has 2 heterocycles. The molecule has 4 rings (SSSR count). The minimum atomic E-state index is -0.0800. The lowest BCUT2D eigenvalue weighted by Gasteiger charge is -2.16. The second-order valence-electron chi connectivity index (χ2n) is 7.40. The highest BCUT2D eigenvalue weighted by molar-refractivity contribution is 5.94. The smallest absolute Gasteiger partial charge is 0.321 e. The van der Waals surface area contributed by atoms with Gasteiger partial charge in [-0.1, -0.05) is 6.07 Å². The highest BCUT2D eigenvalue weighted by Crippen LogP contribution is 2.29. The minimum absolute atomic E-state index is 0.0239. The van der Waals surface area contributed by atoms with E-state index in [1.54, 1.807) is 11.1 Å². The van der Waals surface area contributed by atoms with Gasteiger partial charge >= 0.3 is 6.03 Å². The Bertz CT molecular complexity index is 1060. The fraction of sp³-hybridized carbons (Fsp3) is 0.304. The third-order valence-corrected chi connectivity index (χ3v) is 5.09. The molecule has 7 nitrogen and oxygen atoms in total. The zero-order valence-electron chi connectivity index (χ0n) is 17.1. The van der Waals surface area contributed by atoms with Crippen molar-refractivity contribution < 1.29 is 19.1 Å². The average molecular weight is 407 g/mol. The van der Waals surface area contributed by atoms with Crippen LogP contribution in [-0.4, -0.2) is 42.4 Å². The van der Waals surface area contributed by atoms with Crippen LogP contribution in [0.15, 0.2) is 47.0 Å². The summed E-state index contributed by atoms with van der Waals surface area (Å²) in [6.07, 6.45) is 2.26. The van der Waals surface area contributed by atoms with Gasteiger partial charge in [0.25, 0.3) is 0 Å². The Kier molecular flexibility index (Phi) is 5.72. The molecule has 3 aromatic rings. The van der Waals surface area contributed by atoms with E-state index in [0.29, 0.717) is 36.9 Å². The Labute approximate surface area is 175 Å². The van der Waals surface area contributed by atoms with Crippen LogP contribution in [0.2, 0.25) is 0 Å². The van der Waals surface area contributed by atoms with Crippen LogP contribution in [0.25, 0.3) is 11.3 Å². The summed E-state index contributed by atoms with van der Waals surface area (Å²) < 4.78 is 11.5. The standard InChI is InChI=1S/C23H25N3O4/c1-15-9-18(11-19(10-15)26-6-5-24-23(26)28)21-14-25-22(30-21)13-17-12-20(29-8-7-27)4-3-16(17)2/h3-4,9-12,14,27H,5-8,13H2,1-2H3,(H,24,28). The number of anilines is 1. The van der Waals surface area contributed by atoms with Gasteiger partial charge in [-0.25, -0.2) is 9.78 Å². The van der Waals surface area contributed by atoms with Gasteiger partial charge in [-0.15, -0.1) is 0 Å². The molecule has 0 saturated carbocycles. The van der Waals surface area contributed by atoms with E-state index in [1.807, 2.05) is 50.2 Å². The van der Waals surface area contributed by atoms with Crippen LogP contribution in [0.4, 0.5) is 10.5 Å². The molecule has 0 atom stereocenters. The maximum absolute atomic E-state index is 12.0. The zero-order chi connectivity index (χ0) is 21.1. The first kappa shape index (κ1) is 20.0. The maximum atomic E-state index is 12.0. The van der Waals surface area contributed by atoms with Gasteiger partial charge in [0, 0.05) is 30.8 Å². The van der Waals surface area contributed by atoms with Crippen LogP contribution >= 0.6 is 0 Å². The third-order valence-electron chi connectivity index (χ3n) is 5.09. The van der Waals surface area contributed by atoms with Gasteiger partial charge in [-0.2, -0.15) is 0 Å². The second kappa shape index (κ2) is 8.59. The predicted molar refractivity (Wildman–Crippen MR) is 114 cm³/mol. The number of aromatic nitrogens is 1. The molecule has 1 aliphatic heterocycles. The van der Waals surface area contributed by atoms with E-state index >= 15 is 0 Å². The Morgan fingerprint density at radius 2 is 2.10 bits per heavy atom. The third kappa shape index (κ3) is 4.31. The monoisotopic (exact) mass is 407 g/mol. The van der Waals surface area contributed by atoms with E-state index in [0.717, 1.165) is 27.9 Å². The van der Waals surface area contributed by atoms with Crippen molar-refractivity contribution in [2.24, 2.45) is 0 Å². The van der Waals surface area contributed by atoms with Crippen molar-refractivity contribution in [1.82, 2.24) is 10.3 Å². The number of amides is 2. The van der Waals surface area contributed by atoms with Gasteiger partial charge in [0.1, 0.15) is 12.4 Å². The number of oxazole rings is 1. The van der Waals surface area contributed by atoms with Gasteiger partial charge in [0.2, 0.25) is 0 Å². The lowest BCUT2D eigenvalue weighted by molar-refractivity contribution is 0.201. The highest BCUT2D eigenvalue weighted by atomic mass is 16.5. The molecule has 2 amide bonds. The first-order valence-electron chi connectivity index (χ1n) is 9.99. The SMILES string of the molecule is Cc1cc(-c2cnc(Cc3cc(OCCO)ccc3C)o2)cc(N2CCNC2=O)c1. The number of aryl methyl sites for hydroxylation is 2. The number of hydrogen-bond acceptors (Lipinski definition) is 5. The number of aliphatic hydroxyl groups excluding tert-OH is 1. The number of hydrogen-bond donors (Lipinski definition) is 2. The molecular formula is C23H25N3O4. The first-order chi connectivity index (χ1) is 14.5. The normalized spacial score (nSPS) is 13.6. The number of nitrogens with one attached hydrogen (secondary N) is 1. The number of aliphatic hydroxyl groups is 1. The number of carbonyl (C=O) groups is 1. The average Bonchev–Trinajstić information content (AvgIpc) is 3.37. The van der Waals surface area contributed by atoms with E-state index in [4.69, 9.17) is 14.3 Å². The molecule has 1 aromatic heterocycles. The van der Waals surface area contributed by atoms with Crippen molar-refractivity contribution in [3.8, 4) is 17.1 Å². The number of nitrogens with zero attached hydrogens (tertiary/aromatic N) is 2. The van der Waals surface area contributed by atoms with Crippen molar-refractivity contribution in [2.45, 2.75) is 20.3 Å². The van der Waals surface area contributed by atoms with Crippen LogP contribution in [0.5, 0.6) is 5.75 Å². The fourth-order valence-electron chi connectivity index (χ4n) is 3.56. The van der Waals surface area contributed by atoms with E-state index < -0.39 is 0 Å². The fourth-order valence-corrected chi connectivity index (χ4v) is 3.56. The molecule has 1 fully saturated rings. The van der Waals surface area contributed by atoms with Gasteiger partial charge in [0.05, 0.1) is 12.8 Å². The van der Waals surface area contributed by atoms with Crippen LogP contribution < -0.4 is 15.0 Å². The van der Waals surface area contributed by atoms with Gasteiger partial charge < -0.3 is 19.6 Å². The molecule has 2 aromatic carbocycles. The van der Waals surface area contributed by atoms with E-state index in [-0.39, 0.29) is 19.2 Å². The lowest BCUT2D eigenvalue weighted by atomic mass is 10.1. The number of rotatable bonds is 7. The summed E-state index contributed by atoms with van der Waals surface area (Å²) in [5.74, 6) is 1.98. The highest BCUT2D eigenvalue weighted by Gasteiger charge is 2.22. The Balaban J connectivity index is 1.56. The van der Waals surface area contributed by atoms with Crippen molar-refractivity contribution in [3.63, 3.8) is 0 Å². The summed E-state index contributed by atoms with van der Waals surface area (Å²) in [4.78, 5) is 18.2. The summed E-state index contributed by atoms with van der Waals surface area (Å²) in [7, 11) is 0. The van der Waals surface area contributed by atoms with E-state index in [9.17, 15) is 4.79 Å². The number of ether oxygens (including phenoxy) is 1. The number of urea groups is 1. The molecule has 0 unspecified atom stereocenters. The van der Waals surface area contributed by atoms with Gasteiger partial charge in [-0.3, -0.25) is 4.90 Å². The zero-order valence-corrected chi connectivity index (χ0v) is 17.1. The van der Waals surface area contributed by atoms with E-state index in [2.05, 4.69) is 10.3 Å². The quantitative estimate of drug-likeness (QED) is 0.626. The second-order valence-corrected chi connectivity index (χ2v) is 7.40. The molecule has 7 heteroatoms. The van der Waals surface area contributed by atoms with Crippen molar-refractivity contribution >= 4 is 11.7 Å². The van der Waals surface area contributed by atoms with Crippen LogP contribution in [0.1, 0.15) is 22.6 Å². The number of benzene rings is 2. The maximum Gasteiger partial charge on any atom is 0.321 e. The molecule has 1 aliphatic rings. The first-order valence-corrected chi connectivity index (χ1v) is 9.99. The molecule has 0 radical (unpaired) electrons. The molecule has 0 aliphatic carbocycles. The van der Waals surface area contributed by atoms with Crippen molar-refractivity contribution in [3.05, 3.63) is 65.2 Å². The molecule has 0 bridgehead atoms. The largest absolute Gasteiger partial charge is 0.491 e. The molecule has 1 saturated heterocycles. The van der Waals surface area contributed by atoms with Crippen LogP contribution in [-0.2, 0) is 6.42 Å². The minimum Gasteiger partial charge on any atom is -0.491 e. The number of carbonyl (C=O) groups excluding carboxylic acids is 1. The summed E-state index contributed by atoms with van der Waals surface area (Å²) in [6, 6.07) is 11.7. The van der Waals surface area contributed by atoms with E-state index in [1.165, 1.54) is 0 Å². The van der Waals surface area contributed by atoms with Crippen molar-refractivity contribution in [1.29, 1.82) is 0 Å². The summed E-state index contributed by atoms with van der Waals surface area (Å²) >= 11 is 0. The lowest BCUT2D eigenvalue weighted by Crippen LogP contribution is -2.27. The van der Waals surface area contributed by atoms with Crippen LogP contribution in [0.3, 0.4) is 0 Å². The molecular weight excluding hydrogens is 382 g/mol. The summed E-state index contributed by atoms with van der Waals surface area (Å²) in [5, 5.41) is 11.8. The van der Waals surface area contributed by atoms with Crippen LogP contribution in [0, 0.1) is 13.8 Å². The molecule has 156 valence electrons. The van der Waals surface area contributed by atoms with Crippen molar-refractivity contribution in [2.75, 3.05) is 31.2 Å². The Morgan fingerprint density at radius 1 is 1.23 bits per heavy atom. The molecule has 30 heavy (non-hydrogen) atoms. The molecule has 2 N–H and O–H groups in total. The summed E-state index contributed by atoms with van der Waals surface area (Å²) in [6.45, 7) is 5.56. The van der Waals surface area contributed by atoms with Gasteiger partial charge in [-0.05, 0) is 60.9 Å². The topological polar surface area (TPSA) is 87.8 Å². The Hall–Kier alpha value is -3.32. The Morgan fingerprint density at radius 3 is 2.87 bits per heavy atom. The predicted octanol–water partition coefficient (Wildman–Crippen LogP) is 3.45.